The van der Waals surface area contributed by atoms with E-state index in [1.165, 1.54) is 7.11 Å². The molecule has 134 valence electrons. The fourth-order valence-corrected chi connectivity index (χ4v) is 2.95. The Bertz CT molecular complexity index is 656. The Balaban J connectivity index is 1.95. The maximum Gasteiger partial charge on any atom is 0.325 e. The van der Waals surface area contributed by atoms with Gasteiger partial charge in [-0.1, -0.05) is 12.1 Å². The zero-order chi connectivity index (χ0) is 18.2. The van der Waals surface area contributed by atoms with E-state index in [4.69, 9.17) is 0 Å². The van der Waals surface area contributed by atoms with Gasteiger partial charge in [0.1, 0.15) is 12.6 Å². The number of rotatable bonds is 5. The van der Waals surface area contributed by atoms with Gasteiger partial charge in [0.05, 0.1) is 24.4 Å². The first-order chi connectivity index (χ1) is 12.1. The molecule has 2 rings (SSSR count). The van der Waals surface area contributed by atoms with E-state index in [9.17, 15) is 14.9 Å². The number of para-hydroxylation sites is 1. The standard InChI is InChI=1S/C18H24N4O3/c1-14(18(24)20-13-17(23)25-2)21-8-5-9-22(11-10-21)16-7-4-3-6-15(16)12-19/h3-4,6-7,14H,5,8-11,13H2,1-2H3,(H,20,24)/t14-/m0/s1. The minimum absolute atomic E-state index is 0.116. The summed E-state index contributed by atoms with van der Waals surface area (Å²) in [5, 5.41) is 11.9. The Morgan fingerprint density at radius 2 is 2.04 bits per heavy atom. The van der Waals surface area contributed by atoms with Crippen LogP contribution in [0.4, 0.5) is 5.69 Å². The summed E-state index contributed by atoms with van der Waals surface area (Å²) in [6.07, 6.45) is 0.897. The third-order valence-electron chi connectivity index (χ3n) is 4.46. The van der Waals surface area contributed by atoms with Crippen LogP contribution >= 0.6 is 0 Å². The number of benzene rings is 1. The smallest absolute Gasteiger partial charge is 0.325 e. The van der Waals surface area contributed by atoms with Crippen molar-refractivity contribution in [3.05, 3.63) is 29.8 Å². The zero-order valence-electron chi connectivity index (χ0n) is 14.7. The predicted molar refractivity (Wildman–Crippen MR) is 94.0 cm³/mol. The van der Waals surface area contributed by atoms with Crippen molar-refractivity contribution in [1.82, 2.24) is 10.2 Å². The summed E-state index contributed by atoms with van der Waals surface area (Å²) in [6, 6.07) is 9.48. The molecule has 1 aliphatic rings. The van der Waals surface area contributed by atoms with Gasteiger partial charge < -0.3 is 15.0 Å². The number of amides is 1. The first-order valence-electron chi connectivity index (χ1n) is 8.39. The van der Waals surface area contributed by atoms with Crippen molar-refractivity contribution in [3.8, 4) is 6.07 Å². The van der Waals surface area contributed by atoms with Crippen LogP contribution in [-0.4, -0.2) is 62.7 Å². The van der Waals surface area contributed by atoms with Crippen LogP contribution in [0.25, 0.3) is 0 Å². The molecule has 1 saturated heterocycles. The van der Waals surface area contributed by atoms with Crippen LogP contribution in [0.5, 0.6) is 0 Å². The molecule has 1 N–H and O–H groups in total. The molecule has 0 bridgehead atoms. The van der Waals surface area contributed by atoms with E-state index in [1.807, 2.05) is 31.2 Å². The van der Waals surface area contributed by atoms with Crippen LogP contribution in [0.3, 0.4) is 0 Å². The molecule has 0 spiro atoms. The monoisotopic (exact) mass is 344 g/mol. The van der Waals surface area contributed by atoms with Gasteiger partial charge >= 0.3 is 5.97 Å². The molecule has 1 aromatic carbocycles. The first kappa shape index (κ1) is 18.7. The van der Waals surface area contributed by atoms with Crippen molar-refractivity contribution in [1.29, 1.82) is 5.26 Å². The fraction of sp³-hybridized carbons (Fsp3) is 0.500. The summed E-state index contributed by atoms with van der Waals surface area (Å²) in [6.45, 7) is 4.81. The summed E-state index contributed by atoms with van der Waals surface area (Å²) in [4.78, 5) is 27.6. The van der Waals surface area contributed by atoms with Gasteiger partial charge in [-0.2, -0.15) is 5.26 Å². The molecule has 1 aromatic rings. The van der Waals surface area contributed by atoms with E-state index in [0.29, 0.717) is 12.1 Å². The number of esters is 1. The zero-order valence-corrected chi connectivity index (χ0v) is 14.7. The lowest BCUT2D eigenvalue weighted by Gasteiger charge is -2.27. The molecular weight excluding hydrogens is 320 g/mol. The second-order valence-electron chi connectivity index (χ2n) is 5.98. The molecule has 1 atom stereocenters. The van der Waals surface area contributed by atoms with Gasteiger partial charge in [-0.3, -0.25) is 14.5 Å². The molecular formula is C18H24N4O3. The van der Waals surface area contributed by atoms with Crippen molar-refractivity contribution in [3.63, 3.8) is 0 Å². The molecule has 7 heteroatoms. The fourth-order valence-electron chi connectivity index (χ4n) is 2.95. The highest BCUT2D eigenvalue weighted by molar-refractivity contribution is 5.85. The van der Waals surface area contributed by atoms with Gasteiger partial charge in [0, 0.05) is 26.2 Å². The van der Waals surface area contributed by atoms with Crippen LogP contribution in [0.2, 0.25) is 0 Å². The molecule has 1 fully saturated rings. The number of anilines is 1. The number of ether oxygens (including phenoxy) is 1. The summed E-state index contributed by atoms with van der Waals surface area (Å²) >= 11 is 0. The SMILES string of the molecule is COC(=O)CNC(=O)[C@H](C)N1CCCN(c2ccccc2C#N)CC1. The molecule has 1 aliphatic heterocycles. The lowest BCUT2D eigenvalue weighted by molar-refractivity contribution is -0.141. The lowest BCUT2D eigenvalue weighted by Crippen LogP contribution is -2.47. The lowest BCUT2D eigenvalue weighted by atomic mass is 10.1. The van der Waals surface area contributed by atoms with E-state index in [1.54, 1.807) is 0 Å². The normalized spacial score (nSPS) is 16.4. The van der Waals surface area contributed by atoms with Crippen molar-refractivity contribution < 1.29 is 14.3 Å². The third-order valence-corrected chi connectivity index (χ3v) is 4.46. The largest absolute Gasteiger partial charge is 0.468 e. The Kier molecular flexibility index (Phi) is 6.78. The molecule has 0 aliphatic carbocycles. The molecule has 0 radical (unpaired) electrons. The Morgan fingerprint density at radius 1 is 1.28 bits per heavy atom. The van der Waals surface area contributed by atoms with E-state index >= 15 is 0 Å². The van der Waals surface area contributed by atoms with Crippen molar-refractivity contribution in [2.75, 3.05) is 44.7 Å². The molecule has 25 heavy (non-hydrogen) atoms. The predicted octanol–water partition coefficient (Wildman–Crippen LogP) is 0.748. The van der Waals surface area contributed by atoms with E-state index in [2.05, 4.69) is 25.9 Å². The molecule has 1 amide bonds. The Hall–Kier alpha value is -2.59. The summed E-state index contributed by atoms with van der Waals surface area (Å²) in [5.41, 5.74) is 1.61. The number of hydrogen-bond donors (Lipinski definition) is 1. The minimum atomic E-state index is -0.462. The van der Waals surface area contributed by atoms with E-state index in [-0.39, 0.29) is 18.5 Å². The molecule has 7 nitrogen and oxygen atoms in total. The number of methoxy groups -OCH3 is 1. The molecule has 0 saturated carbocycles. The summed E-state index contributed by atoms with van der Waals surface area (Å²) < 4.78 is 4.53. The Labute approximate surface area is 148 Å². The quantitative estimate of drug-likeness (QED) is 0.793. The van der Waals surface area contributed by atoms with Gasteiger partial charge in [0.15, 0.2) is 0 Å². The molecule has 0 aromatic heterocycles. The van der Waals surface area contributed by atoms with Gasteiger partial charge in [0.25, 0.3) is 0 Å². The highest BCUT2D eigenvalue weighted by Crippen LogP contribution is 2.21. The average molecular weight is 344 g/mol. The highest BCUT2D eigenvalue weighted by atomic mass is 16.5. The number of nitrogens with one attached hydrogen (secondary N) is 1. The minimum Gasteiger partial charge on any atom is -0.468 e. The highest BCUT2D eigenvalue weighted by Gasteiger charge is 2.25. The first-order valence-corrected chi connectivity index (χ1v) is 8.39. The number of nitrogens with zero attached hydrogens (tertiary/aromatic N) is 3. The maximum atomic E-state index is 12.2. The summed E-state index contributed by atoms with van der Waals surface area (Å²) in [5.74, 6) is -0.646. The number of carbonyl (C=O) groups excluding carboxylic acids is 2. The number of hydrogen-bond acceptors (Lipinski definition) is 6. The van der Waals surface area contributed by atoms with Gasteiger partial charge in [-0.05, 0) is 25.5 Å². The van der Waals surface area contributed by atoms with Crippen molar-refractivity contribution >= 4 is 17.6 Å². The van der Waals surface area contributed by atoms with Gasteiger partial charge in [-0.15, -0.1) is 0 Å². The van der Waals surface area contributed by atoms with Crippen LogP contribution in [0.15, 0.2) is 24.3 Å². The maximum absolute atomic E-state index is 12.2. The van der Waals surface area contributed by atoms with Crippen LogP contribution in [-0.2, 0) is 14.3 Å². The van der Waals surface area contributed by atoms with Crippen molar-refractivity contribution in [2.45, 2.75) is 19.4 Å². The van der Waals surface area contributed by atoms with Crippen molar-refractivity contribution in [2.24, 2.45) is 0 Å². The van der Waals surface area contributed by atoms with Crippen LogP contribution in [0, 0.1) is 11.3 Å². The van der Waals surface area contributed by atoms with E-state index in [0.717, 1.165) is 31.7 Å². The molecule has 0 unspecified atom stereocenters. The number of carbonyl (C=O) groups is 2. The molecule has 1 heterocycles. The second kappa shape index (κ2) is 9.04. The number of nitriles is 1. The van der Waals surface area contributed by atoms with E-state index < -0.39 is 5.97 Å². The average Bonchev–Trinajstić information content (AvgIpc) is 2.91. The van der Waals surface area contributed by atoms with Gasteiger partial charge in [0.2, 0.25) is 5.91 Å². The van der Waals surface area contributed by atoms with Crippen LogP contribution < -0.4 is 10.2 Å². The third kappa shape index (κ3) is 4.94. The topological polar surface area (TPSA) is 85.7 Å². The van der Waals surface area contributed by atoms with Crippen LogP contribution in [0.1, 0.15) is 18.9 Å². The van der Waals surface area contributed by atoms with Gasteiger partial charge in [-0.25, -0.2) is 0 Å². The Morgan fingerprint density at radius 3 is 2.76 bits per heavy atom. The summed E-state index contributed by atoms with van der Waals surface area (Å²) in [7, 11) is 1.29. The second-order valence-corrected chi connectivity index (χ2v) is 5.98.